The molecule has 1 fully saturated rings. The van der Waals surface area contributed by atoms with E-state index in [0.717, 1.165) is 36.2 Å². The molecule has 0 saturated carbocycles. The van der Waals surface area contributed by atoms with Gasteiger partial charge >= 0.3 is 5.69 Å². The van der Waals surface area contributed by atoms with E-state index in [1.807, 2.05) is 18.2 Å². The van der Waals surface area contributed by atoms with Crippen LogP contribution in [-0.2, 0) is 0 Å². The van der Waals surface area contributed by atoms with Crippen LogP contribution >= 0.6 is 0 Å². The zero-order valence-corrected chi connectivity index (χ0v) is 11.0. The number of likely N-dealkylation sites (tertiary alicyclic amines) is 1. The fraction of sp³-hybridized carbons (Fsp3) is 0.500. The number of aromatic nitrogens is 2. The van der Waals surface area contributed by atoms with Crippen LogP contribution in [0.2, 0.25) is 0 Å². The lowest BCUT2D eigenvalue weighted by molar-refractivity contribution is 0.216. The molecule has 0 radical (unpaired) electrons. The van der Waals surface area contributed by atoms with Crippen LogP contribution in [0.1, 0.15) is 30.9 Å². The van der Waals surface area contributed by atoms with Crippen molar-refractivity contribution >= 4 is 11.0 Å². The third kappa shape index (κ3) is 2.72. The quantitative estimate of drug-likeness (QED) is 0.779. The van der Waals surface area contributed by atoms with Gasteiger partial charge in [0, 0.05) is 12.6 Å². The molecule has 19 heavy (non-hydrogen) atoms. The molecule has 0 spiro atoms. The molecular formula is C14H20N4O. The van der Waals surface area contributed by atoms with Gasteiger partial charge in [-0.3, -0.25) is 0 Å². The summed E-state index contributed by atoms with van der Waals surface area (Å²) in [7, 11) is 0. The number of nitrogens with zero attached hydrogens (tertiary/aromatic N) is 1. The Labute approximate surface area is 111 Å². The highest BCUT2D eigenvalue weighted by Crippen LogP contribution is 2.18. The van der Waals surface area contributed by atoms with Gasteiger partial charge in [-0.1, -0.05) is 12.5 Å². The summed E-state index contributed by atoms with van der Waals surface area (Å²) in [5, 5.41) is 0. The molecule has 1 unspecified atom stereocenters. The molecule has 2 aromatic rings. The Kier molecular flexibility index (Phi) is 3.40. The van der Waals surface area contributed by atoms with E-state index in [-0.39, 0.29) is 11.7 Å². The minimum Gasteiger partial charge on any atom is -0.323 e. The van der Waals surface area contributed by atoms with Crippen molar-refractivity contribution in [2.45, 2.75) is 25.3 Å². The third-order valence-corrected chi connectivity index (χ3v) is 3.87. The molecule has 0 amide bonds. The summed E-state index contributed by atoms with van der Waals surface area (Å²) in [6, 6.07) is 5.89. The molecule has 5 heteroatoms. The minimum atomic E-state index is -0.170. The molecule has 102 valence electrons. The third-order valence-electron chi connectivity index (χ3n) is 3.87. The second-order valence-corrected chi connectivity index (χ2v) is 5.35. The van der Waals surface area contributed by atoms with Gasteiger partial charge in [0.2, 0.25) is 0 Å². The molecule has 1 aliphatic rings. The fourth-order valence-electron chi connectivity index (χ4n) is 2.81. The first-order chi connectivity index (χ1) is 9.22. The zero-order chi connectivity index (χ0) is 13.2. The van der Waals surface area contributed by atoms with Gasteiger partial charge in [0.1, 0.15) is 0 Å². The zero-order valence-electron chi connectivity index (χ0n) is 11.0. The normalized spacial score (nSPS) is 18.8. The number of fused-ring (bicyclic) bond motifs is 1. The molecule has 5 nitrogen and oxygen atoms in total. The molecule has 1 atom stereocenters. The lowest BCUT2D eigenvalue weighted by Gasteiger charge is -2.29. The lowest BCUT2D eigenvalue weighted by atomic mass is 10.0. The van der Waals surface area contributed by atoms with Crippen molar-refractivity contribution in [3.8, 4) is 0 Å². The Balaban J connectivity index is 1.76. The summed E-state index contributed by atoms with van der Waals surface area (Å²) >= 11 is 0. The number of piperidine rings is 1. The van der Waals surface area contributed by atoms with Crippen molar-refractivity contribution in [2.24, 2.45) is 5.73 Å². The van der Waals surface area contributed by atoms with Gasteiger partial charge in [-0.05, 0) is 43.6 Å². The number of nitrogens with one attached hydrogen (secondary N) is 2. The SMILES string of the molecule is NC(CN1CCCCC1)c1ccc2[nH]c(=O)[nH]c2c1. The molecule has 1 saturated heterocycles. The minimum absolute atomic E-state index is 0.000835. The highest BCUT2D eigenvalue weighted by molar-refractivity contribution is 5.75. The second kappa shape index (κ2) is 5.19. The van der Waals surface area contributed by atoms with Crippen molar-refractivity contribution in [3.05, 3.63) is 34.2 Å². The fourth-order valence-corrected chi connectivity index (χ4v) is 2.81. The molecule has 3 rings (SSSR count). The first-order valence-corrected chi connectivity index (χ1v) is 6.92. The van der Waals surface area contributed by atoms with E-state index in [1.54, 1.807) is 0 Å². The Bertz CT molecular complexity index is 609. The van der Waals surface area contributed by atoms with Gasteiger partial charge in [0.15, 0.2) is 0 Å². The van der Waals surface area contributed by atoms with Crippen LogP contribution in [0.5, 0.6) is 0 Å². The number of imidazole rings is 1. The lowest BCUT2D eigenvalue weighted by Crippen LogP contribution is -2.36. The summed E-state index contributed by atoms with van der Waals surface area (Å²) < 4.78 is 0. The number of benzene rings is 1. The topological polar surface area (TPSA) is 77.9 Å². The molecule has 1 aliphatic heterocycles. The highest BCUT2D eigenvalue weighted by atomic mass is 16.1. The number of nitrogens with two attached hydrogens (primary N) is 1. The average Bonchev–Trinajstić information content (AvgIpc) is 2.78. The maximum Gasteiger partial charge on any atom is 0.323 e. The summed E-state index contributed by atoms with van der Waals surface area (Å²) in [5.74, 6) is 0. The standard InChI is InChI=1S/C14H20N4O/c15-11(9-18-6-2-1-3-7-18)10-4-5-12-13(8-10)17-14(19)16-12/h4-5,8,11H,1-3,6-7,9,15H2,(H2,16,17,19). The first-order valence-electron chi connectivity index (χ1n) is 6.92. The molecule has 1 aromatic heterocycles. The maximum absolute atomic E-state index is 11.2. The Morgan fingerprint density at radius 2 is 1.89 bits per heavy atom. The molecule has 0 bridgehead atoms. The molecule has 2 heterocycles. The van der Waals surface area contributed by atoms with E-state index < -0.39 is 0 Å². The van der Waals surface area contributed by atoms with Crippen molar-refractivity contribution in [3.63, 3.8) is 0 Å². The molecule has 4 N–H and O–H groups in total. The van der Waals surface area contributed by atoms with Crippen molar-refractivity contribution in [1.29, 1.82) is 0 Å². The summed E-state index contributed by atoms with van der Waals surface area (Å²) in [4.78, 5) is 19.2. The monoisotopic (exact) mass is 260 g/mol. The highest BCUT2D eigenvalue weighted by Gasteiger charge is 2.15. The van der Waals surface area contributed by atoms with Gasteiger partial charge in [-0.25, -0.2) is 4.79 Å². The second-order valence-electron chi connectivity index (χ2n) is 5.35. The van der Waals surface area contributed by atoms with E-state index in [2.05, 4.69) is 14.9 Å². The number of hydrogen-bond acceptors (Lipinski definition) is 3. The van der Waals surface area contributed by atoms with E-state index in [9.17, 15) is 4.79 Å². The summed E-state index contributed by atoms with van der Waals surface area (Å²) in [6.45, 7) is 3.19. The van der Waals surface area contributed by atoms with Gasteiger partial charge in [0.05, 0.1) is 11.0 Å². The van der Waals surface area contributed by atoms with Crippen LogP contribution in [0.15, 0.2) is 23.0 Å². The maximum atomic E-state index is 11.2. The summed E-state index contributed by atoms with van der Waals surface area (Å²) in [6.07, 6.45) is 3.88. The number of hydrogen-bond donors (Lipinski definition) is 3. The largest absolute Gasteiger partial charge is 0.323 e. The van der Waals surface area contributed by atoms with E-state index >= 15 is 0 Å². The van der Waals surface area contributed by atoms with Crippen LogP contribution in [-0.4, -0.2) is 34.5 Å². The van der Waals surface area contributed by atoms with Crippen LogP contribution in [0.3, 0.4) is 0 Å². The molecule has 0 aliphatic carbocycles. The van der Waals surface area contributed by atoms with Crippen molar-refractivity contribution < 1.29 is 0 Å². The molecule has 1 aromatic carbocycles. The molecular weight excluding hydrogens is 240 g/mol. The van der Waals surface area contributed by atoms with Gasteiger partial charge in [-0.15, -0.1) is 0 Å². The van der Waals surface area contributed by atoms with Crippen molar-refractivity contribution in [2.75, 3.05) is 19.6 Å². The Morgan fingerprint density at radius 1 is 1.16 bits per heavy atom. The Hall–Kier alpha value is -1.59. The van der Waals surface area contributed by atoms with Crippen LogP contribution in [0.25, 0.3) is 11.0 Å². The van der Waals surface area contributed by atoms with Gasteiger partial charge in [0.25, 0.3) is 0 Å². The van der Waals surface area contributed by atoms with E-state index in [0.29, 0.717) is 0 Å². The van der Waals surface area contributed by atoms with Crippen LogP contribution < -0.4 is 11.4 Å². The number of rotatable bonds is 3. The predicted octanol–water partition coefficient (Wildman–Crippen LogP) is 1.34. The summed E-state index contributed by atoms with van der Waals surface area (Å²) in [5.41, 5.74) is 8.85. The Morgan fingerprint density at radius 3 is 2.68 bits per heavy atom. The number of H-pyrrole nitrogens is 2. The smallest absolute Gasteiger partial charge is 0.323 e. The van der Waals surface area contributed by atoms with E-state index in [4.69, 9.17) is 5.73 Å². The number of aromatic amines is 2. The van der Waals surface area contributed by atoms with Crippen LogP contribution in [0, 0.1) is 0 Å². The van der Waals surface area contributed by atoms with E-state index in [1.165, 1.54) is 19.3 Å². The average molecular weight is 260 g/mol. The first kappa shape index (κ1) is 12.4. The van der Waals surface area contributed by atoms with Gasteiger partial charge < -0.3 is 20.6 Å². The van der Waals surface area contributed by atoms with Gasteiger partial charge in [-0.2, -0.15) is 0 Å². The van der Waals surface area contributed by atoms with Crippen LogP contribution in [0.4, 0.5) is 0 Å². The predicted molar refractivity (Wildman–Crippen MR) is 76.1 cm³/mol. The van der Waals surface area contributed by atoms with Crippen molar-refractivity contribution in [1.82, 2.24) is 14.9 Å².